The van der Waals surface area contributed by atoms with Crippen LogP contribution in [0.2, 0.25) is 0 Å². The van der Waals surface area contributed by atoms with E-state index in [1.54, 1.807) is 4.90 Å². The second-order valence-electron chi connectivity index (χ2n) is 5.42. The number of aromatic nitrogens is 2. The van der Waals surface area contributed by atoms with Crippen molar-refractivity contribution in [2.75, 3.05) is 18.1 Å². The number of hydrogen-bond acceptors (Lipinski definition) is 6. The van der Waals surface area contributed by atoms with Crippen LogP contribution in [0.15, 0.2) is 28.8 Å². The van der Waals surface area contributed by atoms with Crippen molar-refractivity contribution in [3.8, 4) is 0 Å². The zero-order valence-electron chi connectivity index (χ0n) is 13.3. The molecule has 2 heterocycles. The van der Waals surface area contributed by atoms with E-state index in [1.807, 2.05) is 31.2 Å². The van der Waals surface area contributed by atoms with Crippen molar-refractivity contribution in [2.24, 2.45) is 0 Å². The first-order valence-corrected chi connectivity index (χ1v) is 7.76. The Bertz CT molecular complexity index is 685. The van der Waals surface area contributed by atoms with Crippen molar-refractivity contribution in [3.63, 3.8) is 0 Å². The molecule has 1 aliphatic heterocycles. The van der Waals surface area contributed by atoms with Gasteiger partial charge in [-0.1, -0.05) is 24.2 Å². The Hall–Kier alpha value is -2.41. The van der Waals surface area contributed by atoms with Crippen LogP contribution >= 0.6 is 0 Å². The van der Waals surface area contributed by atoms with Crippen LogP contribution in [0.25, 0.3) is 0 Å². The van der Waals surface area contributed by atoms with Gasteiger partial charge >= 0.3 is 6.09 Å². The van der Waals surface area contributed by atoms with Gasteiger partial charge < -0.3 is 14.6 Å². The van der Waals surface area contributed by atoms with Crippen molar-refractivity contribution in [1.82, 2.24) is 15.5 Å². The fraction of sp³-hybridized carbons (Fsp3) is 0.438. The van der Waals surface area contributed by atoms with Crippen LogP contribution < -0.4 is 10.2 Å². The number of nitrogens with one attached hydrogen (secondary N) is 1. The molecule has 1 N–H and O–H groups in total. The van der Waals surface area contributed by atoms with E-state index in [1.165, 1.54) is 0 Å². The summed E-state index contributed by atoms with van der Waals surface area (Å²) in [5.74, 6) is 1.29. The van der Waals surface area contributed by atoms with E-state index in [-0.39, 0.29) is 12.1 Å². The number of ether oxygens (including phenoxy) is 1. The van der Waals surface area contributed by atoms with E-state index in [0.29, 0.717) is 31.4 Å². The number of carbonyl (C=O) groups is 1. The van der Waals surface area contributed by atoms with Gasteiger partial charge in [-0.05, 0) is 24.6 Å². The summed E-state index contributed by atoms with van der Waals surface area (Å²) in [5, 5.41) is 7.23. The molecule has 0 aliphatic carbocycles. The third-order valence-corrected chi connectivity index (χ3v) is 3.83. The Morgan fingerprint density at radius 1 is 1.43 bits per heavy atom. The number of carbonyl (C=O) groups excluding carboxylic acids is 1. The van der Waals surface area contributed by atoms with Gasteiger partial charge in [-0.2, -0.15) is 4.98 Å². The number of cyclic esters (lactones) is 1. The molecule has 1 fully saturated rings. The molecule has 122 valence electrons. The van der Waals surface area contributed by atoms with Gasteiger partial charge in [-0.25, -0.2) is 4.79 Å². The summed E-state index contributed by atoms with van der Waals surface area (Å²) in [4.78, 5) is 17.6. The lowest BCUT2D eigenvalue weighted by atomic mass is 10.1. The Morgan fingerprint density at radius 3 is 3.00 bits per heavy atom. The molecular formula is C16H20N4O3. The molecule has 1 amide bonds. The number of hydrogen-bond donors (Lipinski definition) is 1. The number of anilines is 1. The van der Waals surface area contributed by atoms with Crippen molar-refractivity contribution in [2.45, 2.75) is 32.9 Å². The Balaban J connectivity index is 1.65. The van der Waals surface area contributed by atoms with E-state index in [2.05, 4.69) is 22.4 Å². The van der Waals surface area contributed by atoms with E-state index >= 15 is 0 Å². The predicted molar refractivity (Wildman–Crippen MR) is 84.1 cm³/mol. The minimum absolute atomic E-state index is 0.0885. The van der Waals surface area contributed by atoms with E-state index in [9.17, 15) is 4.79 Å². The topological polar surface area (TPSA) is 80.5 Å². The minimum Gasteiger partial charge on any atom is -0.447 e. The predicted octanol–water partition coefficient (Wildman–Crippen LogP) is 2.44. The molecule has 0 unspecified atom stereocenters. The molecule has 7 heteroatoms. The molecule has 2 aromatic rings. The van der Waals surface area contributed by atoms with Crippen LogP contribution in [0, 0.1) is 0 Å². The van der Waals surface area contributed by atoms with E-state index in [0.717, 1.165) is 17.7 Å². The lowest BCUT2D eigenvalue weighted by Crippen LogP contribution is -2.24. The number of benzene rings is 1. The highest BCUT2D eigenvalue weighted by Gasteiger charge is 2.23. The normalized spacial score (nSPS) is 15.7. The summed E-state index contributed by atoms with van der Waals surface area (Å²) in [5.41, 5.74) is 1.93. The summed E-state index contributed by atoms with van der Waals surface area (Å²) in [7, 11) is 0. The number of rotatable bonds is 6. The molecule has 1 saturated heterocycles. The summed E-state index contributed by atoms with van der Waals surface area (Å²) < 4.78 is 10.2. The molecule has 0 bridgehead atoms. The second kappa shape index (κ2) is 6.78. The van der Waals surface area contributed by atoms with Gasteiger partial charge in [0.1, 0.15) is 6.61 Å². The van der Waals surface area contributed by atoms with Crippen molar-refractivity contribution < 1.29 is 14.1 Å². The standard InChI is InChI=1S/C16H20N4O3/c1-3-14-18-15(23-19-14)10-17-11(2)12-5-4-6-13(9-12)20-7-8-22-16(20)21/h4-6,9,11,17H,3,7-8,10H2,1-2H3/t11-/m0/s1. The summed E-state index contributed by atoms with van der Waals surface area (Å²) >= 11 is 0. The second-order valence-corrected chi connectivity index (χ2v) is 5.42. The molecule has 1 atom stereocenters. The highest BCUT2D eigenvalue weighted by Crippen LogP contribution is 2.23. The zero-order chi connectivity index (χ0) is 16.2. The fourth-order valence-corrected chi connectivity index (χ4v) is 2.45. The van der Waals surface area contributed by atoms with Gasteiger partial charge in [0.2, 0.25) is 5.89 Å². The molecule has 7 nitrogen and oxygen atoms in total. The molecule has 1 aromatic heterocycles. The Labute approximate surface area is 134 Å². The first-order chi connectivity index (χ1) is 11.2. The van der Waals surface area contributed by atoms with Gasteiger partial charge in [0, 0.05) is 18.2 Å². The Morgan fingerprint density at radius 2 is 2.30 bits per heavy atom. The molecule has 3 rings (SSSR count). The first-order valence-electron chi connectivity index (χ1n) is 7.76. The summed E-state index contributed by atoms with van der Waals surface area (Å²) in [6.07, 6.45) is 0.466. The fourth-order valence-electron chi connectivity index (χ4n) is 2.45. The van der Waals surface area contributed by atoms with Gasteiger partial charge in [-0.3, -0.25) is 4.90 Å². The molecule has 1 aliphatic rings. The minimum atomic E-state index is -0.291. The monoisotopic (exact) mass is 316 g/mol. The maximum absolute atomic E-state index is 11.7. The molecule has 0 saturated carbocycles. The zero-order valence-corrected chi connectivity index (χ0v) is 13.3. The third kappa shape index (κ3) is 3.50. The van der Waals surface area contributed by atoms with Crippen LogP contribution in [0.3, 0.4) is 0 Å². The smallest absolute Gasteiger partial charge is 0.414 e. The number of amides is 1. The van der Waals surface area contributed by atoms with Crippen LogP contribution in [0.5, 0.6) is 0 Å². The maximum Gasteiger partial charge on any atom is 0.414 e. The van der Waals surface area contributed by atoms with Gasteiger partial charge in [0.15, 0.2) is 5.82 Å². The van der Waals surface area contributed by atoms with Gasteiger partial charge in [0.05, 0.1) is 13.1 Å². The number of nitrogens with zero attached hydrogens (tertiary/aromatic N) is 3. The highest BCUT2D eigenvalue weighted by molar-refractivity contribution is 5.89. The largest absolute Gasteiger partial charge is 0.447 e. The molecular weight excluding hydrogens is 296 g/mol. The molecule has 0 radical (unpaired) electrons. The lowest BCUT2D eigenvalue weighted by molar-refractivity contribution is 0.181. The average Bonchev–Trinajstić information content (AvgIpc) is 3.21. The van der Waals surface area contributed by atoms with E-state index in [4.69, 9.17) is 9.26 Å². The highest BCUT2D eigenvalue weighted by atomic mass is 16.6. The lowest BCUT2D eigenvalue weighted by Gasteiger charge is -2.17. The third-order valence-electron chi connectivity index (χ3n) is 3.83. The van der Waals surface area contributed by atoms with Crippen LogP contribution in [0.4, 0.5) is 10.5 Å². The first kappa shape index (κ1) is 15.5. The van der Waals surface area contributed by atoms with Crippen LogP contribution in [-0.4, -0.2) is 29.4 Å². The summed E-state index contributed by atoms with van der Waals surface area (Å²) in [6, 6.07) is 7.96. The van der Waals surface area contributed by atoms with Crippen molar-refractivity contribution >= 4 is 11.8 Å². The van der Waals surface area contributed by atoms with Crippen molar-refractivity contribution in [3.05, 3.63) is 41.5 Å². The van der Waals surface area contributed by atoms with Crippen LogP contribution in [-0.2, 0) is 17.7 Å². The number of aryl methyl sites for hydroxylation is 1. The molecule has 0 spiro atoms. The van der Waals surface area contributed by atoms with Crippen molar-refractivity contribution in [1.29, 1.82) is 0 Å². The SMILES string of the molecule is CCc1noc(CN[C@@H](C)c2cccc(N3CCOC3=O)c2)n1. The summed E-state index contributed by atoms with van der Waals surface area (Å²) in [6.45, 7) is 5.57. The molecule has 23 heavy (non-hydrogen) atoms. The van der Waals surface area contributed by atoms with Gasteiger partial charge in [-0.15, -0.1) is 0 Å². The van der Waals surface area contributed by atoms with E-state index < -0.39 is 0 Å². The van der Waals surface area contributed by atoms with Crippen LogP contribution in [0.1, 0.15) is 37.2 Å². The van der Waals surface area contributed by atoms with Gasteiger partial charge in [0.25, 0.3) is 0 Å². The average molecular weight is 316 g/mol. The Kier molecular flexibility index (Phi) is 4.57. The molecule has 1 aromatic carbocycles. The quantitative estimate of drug-likeness (QED) is 0.881. The maximum atomic E-state index is 11.7.